The molecule has 0 aromatic heterocycles. The van der Waals surface area contributed by atoms with Gasteiger partial charge < -0.3 is 5.73 Å². The van der Waals surface area contributed by atoms with Gasteiger partial charge in [-0.15, -0.1) is 6.58 Å². The van der Waals surface area contributed by atoms with Crippen LogP contribution in [0.4, 0.5) is 0 Å². The third-order valence-corrected chi connectivity index (χ3v) is 2.50. The molecular formula is C24H45N. The maximum atomic E-state index is 5.36. The van der Waals surface area contributed by atoms with Gasteiger partial charge in [0.2, 0.25) is 0 Å². The van der Waals surface area contributed by atoms with E-state index in [1.54, 1.807) is 0 Å². The molecule has 0 fully saturated rings. The Labute approximate surface area is 159 Å². The highest BCUT2D eigenvalue weighted by atomic mass is 14.5. The molecule has 25 heavy (non-hydrogen) atoms. The van der Waals surface area contributed by atoms with Gasteiger partial charge in [-0.2, -0.15) is 0 Å². The van der Waals surface area contributed by atoms with Crippen LogP contribution in [0.5, 0.6) is 0 Å². The van der Waals surface area contributed by atoms with Crippen molar-refractivity contribution in [3.05, 3.63) is 71.0 Å². The van der Waals surface area contributed by atoms with Crippen molar-refractivity contribution in [2.75, 3.05) is 0 Å². The first-order valence-electron chi connectivity index (χ1n) is 9.43. The number of hydrogen-bond donors (Lipinski definition) is 1. The van der Waals surface area contributed by atoms with E-state index < -0.39 is 0 Å². The van der Waals surface area contributed by atoms with Gasteiger partial charge in [0.05, 0.1) is 0 Å². The minimum Gasteiger partial charge on any atom is -0.402 e. The second kappa shape index (κ2) is 24.5. The molecule has 0 aliphatic rings. The second-order valence-electron chi connectivity index (χ2n) is 5.62. The third-order valence-electron chi connectivity index (χ3n) is 2.50. The minimum absolute atomic E-state index is 0.853. The first kappa shape index (κ1) is 31.1. The van der Waals surface area contributed by atoms with Gasteiger partial charge in [0.1, 0.15) is 0 Å². The molecule has 0 bridgehead atoms. The van der Waals surface area contributed by atoms with E-state index in [0.717, 1.165) is 12.1 Å². The third kappa shape index (κ3) is 39.2. The molecule has 0 aliphatic heterocycles. The molecule has 1 aromatic rings. The molecule has 2 N–H and O–H groups in total. The van der Waals surface area contributed by atoms with Gasteiger partial charge in [-0.05, 0) is 54.0 Å². The summed E-state index contributed by atoms with van der Waals surface area (Å²) in [6, 6.07) is 8.48. The predicted octanol–water partition coefficient (Wildman–Crippen LogP) is 8.14. The highest BCUT2D eigenvalue weighted by molar-refractivity contribution is 5.19. The van der Waals surface area contributed by atoms with Crippen molar-refractivity contribution in [3.63, 3.8) is 0 Å². The molecule has 0 unspecified atom stereocenters. The largest absolute Gasteiger partial charge is 0.402 e. The van der Waals surface area contributed by atoms with Crippen molar-refractivity contribution in [1.82, 2.24) is 0 Å². The highest BCUT2D eigenvalue weighted by Gasteiger charge is 1.79. The first-order chi connectivity index (χ1) is 11.7. The quantitative estimate of drug-likeness (QED) is 0.424. The van der Waals surface area contributed by atoms with E-state index in [0.29, 0.717) is 0 Å². The standard InChI is InChI=1S/C8H10.C7H13N.C5H10.2C2H6/c1-7-3-5-8(2)6-4-7;1-6(2)4-5-7(3)8;1-4-5(2)3;2*1-2/h3-6H,1-2H3;4-5H,8H2,1-3H3;2,4H2,1,3H3;2*1-2H3/b;7-5+;;;. The summed E-state index contributed by atoms with van der Waals surface area (Å²) in [6.07, 6.45) is 5.00. The zero-order valence-electron chi connectivity index (χ0n) is 19.0. The fourth-order valence-electron chi connectivity index (χ4n) is 0.935. The topological polar surface area (TPSA) is 26.0 Å². The summed E-state index contributed by atoms with van der Waals surface area (Å²) in [5.74, 6) is 0. The van der Waals surface area contributed by atoms with Crippen molar-refractivity contribution in [1.29, 1.82) is 0 Å². The van der Waals surface area contributed by atoms with Crippen molar-refractivity contribution < 1.29 is 0 Å². The molecule has 0 saturated carbocycles. The van der Waals surface area contributed by atoms with Crippen molar-refractivity contribution in [3.8, 4) is 0 Å². The predicted molar refractivity (Wildman–Crippen MR) is 121 cm³/mol. The lowest BCUT2D eigenvalue weighted by Gasteiger charge is -1.90. The summed E-state index contributed by atoms with van der Waals surface area (Å²) >= 11 is 0. The smallest absolute Gasteiger partial charge is 0.00488 e. The lowest BCUT2D eigenvalue weighted by Crippen LogP contribution is -1.87. The van der Waals surface area contributed by atoms with Gasteiger partial charge in [0.15, 0.2) is 0 Å². The van der Waals surface area contributed by atoms with E-state index in [2.05, 4.69) is 51.6 Å². The molecule has 0 aliphatic carbocycles. The van der Waals surface area contributed by atoms with Gasteiger partial charge in [-0.1, -0.05) is 87.2 Å². The average Bonchev–Trinajstić information content (AvgIpc) is 2.60. The lowest BCUT2D eigenvalue weighted by atomic mass is 10.2. The van der Waals surface area contributed by atoms with Crippen LogP contribution in [0.25, 0.3) is 0 Å². The molecule has 0 heterocycles. The Hall–Kier alpha value is -1.76. The zero-order valence-corrected chi connectivity index (χ0v) is 19.0. The number of aryl methyl sites for hydroxylation is 2. The molecule has 0 amide bonds. The Balaban J connectivity index is -0.000000123. The monoisotopic (exact) mass is 347 g/mol. The average molecular weight is 348 g/mol. The van der Waals surface area contributed by atoms with E-state index in [-0.39, 0.29) is 0 Å². The van der Waals surface area contributed by atoms with Gasteiger partial charge in [0, 0.05) is 5.70 Å². The lowest BCUT2D eigenvalue weighted by molar-refractivity contribution is 1.11. The number of allylic oxidation sites excluding steroid dienone is 5. The Kier molecular flexibility index (Phi) is 30.4. The maximum absolute atomic E-state index is 5.36. The molecule has 0 spiro atoms. The maximum Gasteiger partial charge on any atom is 0.00488 e. The van der Waals surface area contributed by atoms with Gasteiger partial charge in [-0.3, -0.25) is 0 Å². The summed E-state index contributed by atoms with van der Waals surface area (Å²) in [5, 5.41) is 0. The van der Waals surface area contributed by atoms with Crippen LogP contribution in [-0.4, -0.2) is 0 Å². The van der Waals surface area contributed by atoms with Gasteiger partial charge in [0.25, 0.3) is 0 Å². The van der Waals surface area contributed by atoms with Crippen LogP contribution in [0.1, 0.15) is 79.9 Å². The second-order valence-corrected chi connectivity index (χ2v) is 5.62. The normalized spacial score (nSPS) is 8.52. The summed E-state index contributed by atoms with van der Waals surface area (Å²) in [5.41, 5.74) is 11.4. The highest BCUT2D eigenvalue weighted by Crippen LogP contribution is 1.99. The minimum atomic E-state index is 0.853. The summed E-state index contributed by atoms with van der Waals surface area (Å²) in [4.78, 5) is 0. The van der Waals surface area contributed by atoms with Gasteiger partial charge >= 0.3 is 0 Å². The SMILES string of the molecule is C=C(C)CC.CC.CC.CC(C)=C/C=C(\C)N.Cc1ccc(C)cc1. The fourth-order valence-corrected chi connectivity index (χ4v) is 0.935. The molecule has 1 aromatic carbocycles. The van der Waals surface area contributed by atoms with E-state index >= 15 is 0 Å². The van der Waals surface area contributed by atoms with Crippen LogP contribution >= 0.6 is 0 Å². The van der Waals surface area contributed by atoms with E-state index in [4.69, 9.17) is 5.73 Å². The van der Waals surface area contributed by atoms with Crippen molar-refractivity contribution in [2.24, 2.45) is 5.73 Å². The van der Waals surface area contributed by atoms with Crippen molar-refractivity contribution >= 4 is 0 Å². The summed E-state index contributed by atoms with van der Waals surface area (Å²) < 4.78 is 0. The van der Waals surface area contributed by atoms with E-state index in [1.165, 1.54) is 22.3 Å². The number of benzene rings is 1. The molecule has 0 atom stereocenters. The Morgan fingerprint density at radius 2 is 1.12 bits per heavy atom. The Morgan fingerprint density at radius 3 is 1.24 bits per heavy atom. The molecule has 0 radical (unpaired) electrons. The molecule has 0 saturated heterocycles. The van der Waals surface area contributed by atoms with Crippen LogP contribution in [0.2, 0.25) is 0 Å². The van der Waals surface area contributed by atoms with Crippen molar-refractivity contribution in [2.45, 2.75) is 82.6 Å². The number of hydrogen-bond acceptors (Lipinski definition) is 1. The molecule has 1 nitrogen and oxygen atoms in total. The number of rotatable bonds is 2. The first-order valence-corrected chi connectivity index (χ1v) is 9.43. The number of nitrogens with two attached hydrogens (primary N) is 1. The van der Waals surface area contributed by atoms with Crippen LogP contribution in [0.3, 0.4) is 0 Å². The molecule has 1 heteroatoms. The Morgan fingerprint density at radius 1 is 0.840 bits per heavy atom. The van der Waals surface area contributed by atoms with E-state index in [9.17, 15) is 0 Å². The zero-order chi connectivity index (χ0) is 20.8. The van der Waals surface area contributed by atoms with Crippen LogP contribution in [-0.2, 0) is 0 Å². The fraction of sp³-hybridized carbons (Fsp3) is 0.500. The van der Waals surface area contributed by atoms with Crippen LogP contribution in [0.15, 0.2) is 59.8 Å². The summed E-state index contributed by atoms with van der Waals surface area (Å²) in [6.45, 7) is 26.0. The van der Waals surface area contributed by atoms with Crippen LogP contribution < -0.4 is 5.73 Å². The summed E-state index contributed by atoms with van der Waals surface area (Å²) in [7, 11) is 0. The molecular weight excluding hydrogens is 302 g/mol. The molecule has 1 rings (SSSR count). The molecule has 146 valence electrons. The van der Waals surface area contributed by atoms with Gasteiger partial charge in [-0.25, -0.2) is 0 Å². The van der Waals surface area contributed by atoms with Crippen LogP contribution in [0, 0.1) is 13.8 Å². The van der Waals surface area contributed by atoms with E-state index in [1.807, 2.05) is 67.5 Å². The Bertz CT molecular complexity index is 402.